The molecule has 0 atom stereocenters. The van der Waals surface area contributed by atoms with Gasteiger partial charge in [-0.15, -0.1) is 0 Å². The first-order valence-corrected chi connectivity index (χ1v) is 35.2. The maximum absolute atomic E-state index is 15.3. The van der Waals surface area contributed by atoms with Crippen molar-refractivity contribution in [3.63, 3.8) is 0 Å². The normalized spacial score (nSPS) is 14.6. The number of para-hydroxylation sites is 1. The monoisotopic (exact) mass is 1220 g/mol. The molecule has 2 aliphatic heterocycles. The van der Waals surface area contributed by atoms with Gasteiger partial charge in [-0.3, -0.25) is 4.98 Å². The molecule has 7 heteroatoms. The van der Waals surface area contributed by atoms with Crippen LogP contribution >= 0.6 is 14.3 Å². The van der Waals surface area contributed by atoms with E-state index in [-0.39, 0.29) is 10.8 Å². The van der Waals surface area contributed by atoms with Crippen LogP contribution in [0.5, 0.6) is 0 Å². The van der Waals surface area contributed by atoms with Crippen molar-refractivity contribution in [3.8, 4) is 11.1 Å². The Morgan fingerprint density at radius 2 is 0.804 bits per heavy atom. The van der Waals surface area contributed by atoms with Crippen molar-refractivity contribution in [2.75, 3.05) is 9.80 Å². The molecule has 0 radical (unpaired) electrons. The molecule has 2 aliphatic carbocycles. The minimum atomic E-state index is -3.13. The lowest BCUT2D eigenvalue weighted by Crippen LogP contribution is -2.32. The SMILES string of the molecule is CC1(C)c2ccc(-c3cccc(P(=O)(c4ccccc4)c4ccccc4)c3)cc2N(c2cccnc2)c2cc3cccc4c3c(c21)CC=C4.CC1(C)c2ccccc2N(c2ccc(P(=O)(c3ccccc3)c3ccccc3)cc2)c2cc3cccc4c3c(c21)CC=C4. The quantitative estimate of drug-likeness (QED) is 0.135. The Morgan fingerprint density at radius 1 is 0.359 bits per heavy atom. The van der Waals surface area contributed by atoms with E-state index in [9.17, 15) is 0 Å². The zero-order valence-electron chi connectivity index (χ0n) is 51.9. The van der Waals surface area contributed by atoms with Crippen molar-refractivity contribution in [1.82, 2.24) is 4.98 Å². The van der Waals surface area contributed by atoms with Crippen LogP contribution in [-0.2, 0) is 32.8 Å². The summed E-state index contributed by atoms with van der Waals surface area (Å²) in [7, 11) is -6.19. The summed E-state index contributed by atoms with van der Waals surface area (Å²) in [4.78, 5) is 9.38. The number of nitrogens with zero attached hydrogens (tertiary/aromatic N) is 3. The van der Waals surface area contributed by atoms with Crippen LogP contribution in [-0.4, -0.2) is 4.98 Å². The Labute approximate surface area is 539 Å². The second kappa shape index (κ2) is 22.4. The minimum Gasteiger partial charge on any atom is -0.310 e. The van der Waals surface area contributed by atoms with E-state index in [2.05, 4.69) is 200 Å². The van der Waals surface area contributed by atoms with Gasteiger partial charge in [0.15, 0.2) is 14.3 Å². The fourth-order valence-corrected chi connectivity index (χ4v) is 20.8. The van der Waals surface area contributed by atoms with E-state index < -0.39 is 14.3 Å². The van der Waals surface area contributed by atoms with Crippen LogP contribution in [0.3, 0.4) is 0 Å². The molecular formula is C85H67N3O2P2. The van der Waals surface area contributed by atoms with E-state index in [0.29, 0.717) is 0 Å². The number of anilines is 6. The van der Waals surface area contributed by atoms with Gasteiger partial charge >= 0.3 is 0 Å². The highest BCUT2D eigenvalue weighted by molar-refractivity contribution is 7.85. The van der Waals surface area contributed by atoms with E-state index in [1.165, 1.54) is 83.1 Å². The second-order valence-corrected chi connectivity index (χ2v) is 31.1. The number of hydrogen-bond donors (Lipinski definition) is 0. The van der Waals surface area contributed by atoms with Gasteiger partial charge in [0, 0.05) is 54.5 Å². The number of fused-ring (bicyclic) bond motifs is 6. The lowest BCUT2D eigenvalue weighted by Gasteiger charge is -2.44. The summed E-state index contributed by atoms with van der Waals surface area (Å²) in [5.41, 5.74) is 19.3. The summed E-state index contributed by atoms with van der Waals surface area (Å²) in [6.45, 7) is 9.46. The molecule has 92 heavy (non-hydrogen) atoms. The highest BCUT2D eigenvalue weighted by atomic mass is 31.2. The molecule has 4 aliphatic rings. The molecule has 0 amide bonds. The number of rotatable bonds is 9. The van der Waals surface area contributed by atoms with Crippen molar-refractivity contribution in [1.29, 1.82) is 0 Å². The van der Waals surface area contributed by atoms with Gasteiger partial charge < -0.3 is 18.9 Å². The molecule has 12 aromatic carbocycles. The average Bonchev–Trinajstić information content (AvgIpc) is 0.711. The number of hydrogen-bond acceptors (Lipinski definition) is 5. The molecule has 1 aromatic heterocycles. The smallest absolute Gasteiger partial charge is 0.171 e. The average molecular weight is 1220 g/mol. The van der Waals surface area contributed by atoms with Gasteiger partial charge in [0.1, 0.15) is 0 Å². The largest absolute Gasteiger partial charge is 0.310 e. The fraction of sp³-hybridized carbons (Fsp3) is 0.0941. The van der Waals surface area contributed by atoms with Crippen LogP contribution in [0.25, 0.3) is 44.8 Å². The van der Waals surface area contributed by atoms with E-state index in [1.54, 1.807) is 0 Å². The molecule has 13 aromatic rings. The molecule has 0 fully saturated rings. The summed E-state index contributed by atoms with van der Waals surface area (Å²) < 4.78 is 30.3. The number of benzene rings is 12. The van der Waals surface area contributed by atoms with Gasteiger partial charge in [0.25, 0.3) is 0 Å². The number of pyridine rings is 1. The standard InChI is InChI=1S/C45H35N2OP.C40H32NOP/c1-45(2)40-25-24-33(32-15-10-22-38(27-32)49(48,36-18-5-3-6-19-36)37-20-7-4-8-21-37)28-41(40)47(35-17-12-26-46-30-35)42-29-34-16-9-13-31-14-11-23-39(43(31)34)44(42)45;1-40(2)35-21-9-10-22-36(35)41(37-27-29-15-11-13-28-14-12-20-34(38(28)29)39(37)40)30-23-25-33(26-24-30)43(42,31-16-5-3-6-17-31)32-18-7-4-8-19-32/h3-22,24-30H,23H2,1-2H3;3-19,21-27H,20H2,1-2H3. The van der Waals surface area contributed by atoms with Crippen molar-refractivity contribution in [2.24, 2.45) is 0 Å². The van der Waals surface area contributed by atoms with Crippen molar-refractivity contribution >= 4 is 114 Å². The molecule has 0 N–H and O–H groups in total. The van der Waals surface area contributed by atoms with Crippen molar-refractivity contribution in [2.45, 2.75) is 51.4 Å². The van der Waals surface area contributed by atoms with Crippen LogP contribution in [0.15, 0.2) is 298 Å². The van der Waals surface area contributed by atoms with E-state index in [1.807, 2.05) is 152 Å². The summed E-state index contributed by atoms with van der Waals surface area (Å²) >= 11 is 0. The molecule has 0 unspecified atom stereocenters. The van der Waals surface area contributed by atoms with Gasteiger partial charge in [-0.2, -0.15) is 0 Å². The topological polar surface area (TPSA) is 53.5 Å². The lowest BCUT2D eigenvalue weighted by molar-refractivity contribution is 0.591. The summed E-state index contributed by atoms with van der Waals surface area (Å²) in [5.74, 6) is 0. The zero-order valence-corrected chi connectivity index (χ0v) is 53.7. The maximum Gasteiger partial charge on any atom is 0.171 e. The molecular weight excluding hydrogens is 1160 g/mol. The van der Waals surface area contributed by atoms with Gasteiger partial charge in [0.05, 0.1) is 34.6 Å². The molecule has 0 saturated heterocycles. The van der Waals surface area contributed by atoms with Crippen LogP contribution < -0.4 is 41.6 Å². The Balaban J connectivity index is 0.000000148. The molecule has 0 saturated carbocycles. The summed E-state index contributed by atoms with van der Waals surface area (Å²) in [5, 5.41) is 10.3. The van der Waals surface area contributed by atoms with Gasteiger partial charge in [-0.25, -0.2) is 0 Å². The van der Waals surface area contributed by atoms with E-state index >= 15 is 9.13 Å². The Bertz CT molecular complexity index is 5130. The molecule has 3 heterocycles. The van der Waals surface area contributed by atoms with Gasteiger partial charge in [-0.1, -0.05) is 258 Å². The molecule has 444 valence electrons. The third-order valence-corrected chi connectivity index (χ3v) is 25.8. The van der Waals surface area contributed by atoms with Crippen LogP contribution in [0.4, 0.5) is 34.1 Å². The minimum absolute atomic E-state index is 0.166. The van der Waals surface area contributed by atoms with Crippen molar-refractivity contribution in [3.05, 3.63) is 342 Å². The van der Waals surface area contributed by atoms with Crippen LogP contribution in [0.2, 0.25) is 0 Å². The van der Waals surface area contributed by atoms with Crippen molar-refractivity contribution < 1.29 is 9.13 Å². The first kappa shape index (κ1) is 57.0. The van der Waals surface area contributed by atoms with Crippen LogP contribution in [0, 0.1) is 0 Å². The van der Waals surface area contributed by atoms with Crippen LogP contribution in [0.1, 0.15) is 72.2 Å². The third kappa shape index (κ3) is 9.08. The lowest BCUT2D eigenvalue weighted by atomic mass is 9.69. The fourth-order valence-electron chi connectivity index (χ4n) is 15.5. The molecule has 17 rings (SSSR count). The number of aromatic nitrogens is 1. The Hall–Kier alpha value is -10.2. The third-order valence-electron chi connectivity index (χ3n) is 19.7. The summed E-state index contributed by atoms with van der Waals surface area (Å²) in [6.07, 6.45) is 14.8. The highest BCUT2D eigenvalue weighted by Gasteiger charge is 2.42. The molecule has 0 bridgehead atoms. The zero-order chi connectivity index (χ0) is 62.3. The summed E-state index contributed by atoms with van der Waals surface area (Å²) in [6, 6.07) is 94.2. The first-order valence-electron chi connectivity index (χ1n) is 31.8. The maximum atomic E-state index is 15.3. The van der Waals surface area contributed by atoms with Gasteiger partial charge in [0.2, 0.25) is 0 Å². The van der Waals surface area contributed by atoms with E-state index in [4.69, 9.17) is 0 Å². The Kier molecular flexibility index (Phi) is 13.9. The van der Waals surface area contributed by atoms with E-state index in [0.717, 1.165) is 72.9 Å². The highest BCUT2D eigenvalue weighted by Crippen LogP contribution is 2.58. The van der Waals surface area contributed by atoms with Gasteiger partial charge in [-0.05, 0) is 157 Å². The second-order valence-electron chi connectivity index (χ2n) is 25.6. The predicted octanol–water partition coefficient (Wildman–Crippen LogP) is 19.4. The predicted molar refractivity (Wildman–Crippen MR) is 389 cm³/mol. The molecule has 5 nitrogen and oxygen atoms in total. The Morgan fingerprint density at radius 3 is 1.33 bits per heavy atom. The molecule has 0 spiro atoms. The number of allylic oxidation sites excluding steroid dienone is 2. The first-order chi connectivity index (χ1) is 44.9.